The molecular formula is C20H20F2N2O2. The maximum atomic E-state index is 14.8. The molecule has 2 aliphatic heterocycles. The van der Waals surface area contributed by atoms with Gasteiger partial charge in [0.2, 0.25) is 5.91 Å². The van der Waals surface area contributed by atoms with Crippen molar-refractivity contribution in [2.45, 2.75) is 31.4 Å². The molecule has 0 aromatic heterocycles. The first-order valence-corrected chi connectivity index (χ1v) is 8.60. The van der Waals surface area contributed by atoms with Gasteiger partial charge in [-0.3, -0.25) is 9.69 Å². The average Bonchev–Trinajstić information content (AvgIpc) is 3.05. The second-order valence-electron chi connectivity index (χ2n) is 7.25. The Morgan fingerprint density at radius 1 is 1.15 bits per heavy atom. The predicted octanol–water partition coefficient (Wildman–Crippen LogP) is 3.31. The van der Waals surface area contributed by atoms with Crippen molar-refractivity contribution < 1.29 is 18.3 Å². The number of nitrogens with zero attached hydrogens (tertiary/aromatic N) is 1. The van der Waals surface area contributed by atoms with Crippen LogP contribution in [0.2, 0.25) is 0 Å². The Morgan fingerprint density at radius 3 is 2.58 bits per heavy atom. The van der Waals surface area contributed by atoms with Crippen LogP contribution in [0.15, 0.2) is 36.4 Å². The summed E-state index contributed by atoms with van der Waals surface area (Å²) < 4.78 is 34.8. The van der Waals surface area contributed by atoms with E-state index in [2.05, 4.69) is 5.32 Å². The molecule has 6 heteroatoms. The quantitative estimate of drug-likeness (QED) is 0.915. The summed E-state index contributed by atoms with van der Waals surface area (Å²) in [5, 5.41) is 3.01. The zero-order chi connectivity index (χ0) is 18.6. The van der Waals surface area contributed by atoms with Crippen LogP contribution in [0.3, 0.4) is 0 Å². The zero-order valence-electron chi connectivity index (χ0n) is 14.8. The Hall–Kier alpha value is -2.47. The van der Waals surface area contributed by atoms with Crippen LogP contribution in [0, 0.1) is 11.6 Å². The Morgan fingerprint density at radius 2 is 1.85 bits per heavy atom. The van der Waals surface area contributed by atoms with Gasteiger partial charge in [0.05, 0.1) is 11.1 Å². The summed E-state index contributed by atoms with van der Waals surface area (Å²) in [6.45, 7) is 3.96. The van der Waals surface area contributed by atoms with Crippen LogP contribution in [0.4, 0.5) is 14.5 Å². The maximum absolute atomic E-state index is 14.8. The van der Waals surface area contributed by atoms with Crippen LogP contribution < -0.4 is 15.0 Å². The molecule has 2 heterocycles. The van der Waals surface area contributed by atoms with Gasteiger partial charge in [-0.1, -0.05) is 24.3 Å². The zero-order valence-corrected chi connectivity index (χ0v) is 14.8. The van der Waals surface area contributed by atoms with Crippen molar-refractivity contribution >= 4 is 11.6 Å². The number of hydrogen-bond acceptors (Lipinski definition) is 3. The number of carbonyl (C=O) groups is 1. The maximum Gasteiger partial charge on any atom is 0.237 e. The summed E-state index contributed by atoms with van der Waals surface area (Å²) in [4.78, 5) is 14.7. The van der Waals surface area contributed by atoms with E-state index in [0.717, 1.165) is 0 Å². The molecule has 0 saturated carbocycles. The number of anilines is 1. The van der Waals surface area contributed by atoms with Crippen LogP contribution in [0.1, 0.15) is 31.0 Å². The third-order valence-electron chi connectivity index (χ3n) is 5.28. The highest BCUT2D eigenvalue weighted by molar-refractivity contribution is 6.08. The minimum atomic E-state index is -0.863. The molecule has 0 spiro atoms. The van der Waals surface area contributed by atoms with Gasteiger partial charge in [0.15, 0.2) is 11.6 Å². The van der Waals surface area contributed by atoms with E-state index in [-0.39, 0.29) is 17.3 Å². The molecule has 26 heavy (non-hydrogen) atoms. The molecule has 2 aliphatic rings. The van der Waals surface area contributed by atoms with E-state index in [9.17, 15) is 13.6 Å². The second kappa shape index (κ2) is 5.77. The van der Waals surface area contributed by atoms with Gasteiger partial charge < -0.3 is 10.1 Å². The van der Waals surface area contributed by atoms with Gasteiger partial charge in [-0.2, -0.15) is 0 Å². The molecule has 0 aliphatic carbocycles. The Kier molecular flexibility index (Phi) is 3.77. The van der Waals surface area contributed by atoms with Crippen molar-refractivity contribution in [1.29, 1.82) is 0 Å². The lowest BCUT2D eigenvalue weighted by Gasteiger charge is -2.30. The lowest BCUT2D eigenvalue weighted by atomic mass is 9.86. The normalized spacial score (nSPS) is 23.0. The second-order valence-corrected chi connectivity index (χ2v) is 7.25. The SMILES string of the molecule is CNC[C@H]1Oc2c(F)cccc2[C@H]1N1C(=O)C(C)(C)c2cccc(F)c21. The number of rotatable bonds is 3. The van der Waals surface area contributed by atoms with E-state index >= 15 is 0 Å². The molecular weight excluding hydrogens is 338 g/mol. The van der Waals surface area contributed by atoms with Crippen LogP contribution in [0.5, 0.6) is 5.75 Å². The van der Waals surface area contributed by atoms with Crippen LogP contribution in [-0.2, 0) is 10.2 Å². The van der Waals surface area contributed by atoms with Crippen molar-refractivity contribution in [1.82, 2.24) is 5.32 Å². The van der Waals surface area contributed by atoms with Crippen molar-refractivity contribution in [3.8, 4) is 5.75 Å². The number of likely N-dealkylation sites (N-methyl/N-ethyl adjacent to an activating group) is 1. The molecule has 0 fully saturated rings. The molecule has 2 aromatic rings. The third-order valence-corrected chi connectivity index (χ3v) is 5.28. The number of benzene rings is 2. The van der Waals surface area contributed by atoms with E-state index in [0.29, 0.717) is 17.7 Å². The highest BCUT2D eigenvalue weighted by Crippen LogP contribution is 2.51. The van der Waals surface area contributed by atoms with Crippen molar-refractivity contribution in [2.75, 3.05) is 18.5 Å². The Bertz CT molecular complexity index is 897. The summed E-state index contributed by atoms with van der Waals surface area (Å²) in [5.41, 5.74) is 0.591. The van der Waals surface area contributed by atoms with Gasteiger partial charge in [0.1, 0.15) is 18.0 Å². The highest BCUT2D eigenvalue weighted by atomic mass is 19.1. The first kappa shape index (κ1) is 17.0. The average molecular weight is 358 g/mol. The number of amides is 1. The van der Waals surface area contributed by atoms with E-state index in [1.165, 1.54) is 17.0 Å². The number of para-hydroxylation sites is 2. The number of nitrogens with one attached hydrogen (secondary N) is 1. The number of halogens is 2. The van der Waals surface area contributed by atoms with Crippen molar-refractivity contribution in [3.05, 3.63) is 59.2 Å². The number of ether oxygens (including phenoxy) is 1. The summed E-state index contributed by atoms with van der Waals surface area (Å²) in [6, 6.07) is 8.76. The summed E-state index contributed by atoms with van der Waals surface area (Å²) in [5.74, 6) is -1.03. The fraction of sp³-hybridized carbons (Fsp3) is 0.350. The molecule has 4 nitrogen and oxygen atoms in total. The first-order valence-electron chi connectivity index (χ1n) is 8.60. The molecule has 0 radical (unpaired) electrons. The minimum absolute atomic E-state index is 0.133. The van der Waals surface area contributed by atoms with Gasteiger partial charge in [0.25, 0.3) is 0 Å². The fourth-order valence-corrected chi connectivity index (χ4v) is 4.01. The lowest BCUT2D eigenvalue weighted by Crippen LogP contribution is -2.45. The molecule has 2 atom stereocenters. The lowest BCUT2D eigenvalue weighted by molar-refractivity contribution is -0.122. The standard InChI is InChI=1S/C20H20F2N2O2/c1-20(2)12-7-5-8-13(21)17(12)24(19(20)25)16-11-6-4-9-14(22)18(11)26-15(16)10-23-3/h4-9,15-16,23H,10H2,1-3H3/t15-,16-/m1/s1. The summed E-state index contributed by atoms with van der Waals surface area (Å²) in [7, 11) is 1.75. The summed E-state index contributed by atoms with van der Waals surface area (Å²) in [6.07, 6.45) is -0.516. The Balaban J connectivity index is 1.92. The minimum Gasteiger partial charge on any atom is -0.483 e. The molecule has 1 amide bonds. The topological polar surface area (TPSA) is 41.6 Å². The fourth-order valence-electron chi connectivity index (χ4n) is 4.01. The van der Waals surface area contributed by atoms with Gasteiger partial charge in [-0.25, -0.2) is 8.78 Å². The van der Waals surface area contributed by atoms with Gasteiger partial charge in [-0.15, -0.1) is 0 Å². The number of carbonyl (C=O) groups excluding carboxylic acids is 1. The molecule has 2 aromatic carbocycles. The third kappa shape index (κ3) is 2.18. The molecule has 0 saturated heterocycles. The first-order chi connectivity index (χ1) is 12.4. The smallest absolute Gasteiger partial charge is 0.237 e. The van der Waals surface area contributed by atoms with E-state index in [1.807, 2.05) is 0 Å². The molecule has 4 rings (SSSR count). The van der Waals surface area contributed by atoms with E-state index in [1.54, 1.807) is 45.2 Å². The number of fused-ring (bicyclic) bond motifs is 2. The largest absolute Gasteiger partial charge is 0.483 e. The van der Waals surface area contributed by atoms with Gasteiger partial charge >= 0.3 is 0 Å². The predicted molar refractivity (Wildman–Crippen MR) is 94.4 cm³/mol. The highest BCUT2D eigenvalue weighted by Gasteiger charge is 2.52. The van der Waals surface area contributed by atoms with Gasteiger partial charge in [0, 0.05) is 12.1 Å². The molecule has 1 N–H and O–H groups in total. The monoisotopic (exact) mass is 358 g/mol. The number of hydrogen-bond donors (Lipinski definition) is 1. The van der Waals surface area contributed by atoms with Crippen molar-refractivity contribution in [2.24, 2.45) is 0 Å². The van der Waals surface area contributed by atoms with Crippen LogP contribution >= 0.6 is 0 Å². The molecule has 0 unspecified atom stereocenters. The van der Waals surface area contributed by atoms with Crippen LogP contribution in [-0.4, -0.2) is 25.6 Å². The van der Waals surface area contributed by atoms with E-state index in [4.69, 9.17) is 4.74 Å². The van der Waals surface area contributed by atoms with Crippen LogP contribution in [0.25, 0.3) is 0 Å². The van der Waals surface area contributed by atoms with E-state index < -0.39 is 29.2 Å². The van der Waals surface area contributed by atoms with Gasteiger partial charge in [-0.05, 0) is 38.6 Å². The summed E-state index contributed by atoms with van der Waals surface area (Å²) >= 11 is 0. The molecule has 0 bridgehead atoms. The van der Waals surface area contributed by atoms with Crippen molar-refractivity contribution in [3.63, 3.8) is 0 Å². The Labute approximate surface area is 150 Å². The molecule has 136 valence electrons.